The van der Waals surface area contributed by atoms with E-state index in [0.29, 0.717) is 0 Å². The Balaban J connectivity index is 4.28. The van der Waals surface area contributed by atoms with Crippen molar-refractivity contribution in [2.24, 2.45) is 0 Å². The lowest BCUT2D eigenvalue weighted by Crippen LogP contribution is -2.16. The first-order chi connectivity index (χ1) is 5.83. The van der Waals surface area contributed by atoms with Crippen molar-refractivity contribution in [3.63, 3.8) is 0 Å². The van der Waals surface area contributed by atoms with Crippen LogP contribution in [0.25, 0.3) is 0 Å². The van der Waals surface area contributed by atoms with Crippen LogP contribution in [0.3, 0.4) is 0 Å². The molecule has 0 aliphatic carbocycles. The van der Waals surface area contributed by atoms with Crippen molar-refractivity contribution in [3.05, 3.63) is 0 Å². The largest absolute Gasteiger partial charge is 0.341 e. The van der Waals surface area contributed by atoms with Crippen LogP contribution in [0.15, 0.2) is 0 Å². The molecule has 0 aromatic heterocycles. The standard InChI is InChI=1S/C8H17O3PSi/c1-10-12(9,11-2)7-6-8-13(3,4)5/h7H2,1-5H3. The van der Waals surface area contributed by atoms with Crippen molar-refractivity contribution in [1.29, 1.82) is 0 Å². The van der Waals surface area contributed by atoms with E-state index in [4.69, 9.17) is 9.05 Å². The molecule has 0 radical (unpaired) electrons. The molecule has 0 aliphatic rings. The van der Waals surface area contributed by atoms with Gasteiger partial charge < -0.3 is 9.05 Å². The predicted octanol–water partition coefficient (Wildman–Crippen LogP) is 2.35. The van der Waals surface area contributed by atoms with Crippen LogP contribution in [-0.2, 0) is 13.6 Å². The lowest BCUT2D eigenvalue weighted by molar-refractivity contribution is 0.279. The molecule has 0 heterocycles. The molecule has 0 saturated carbocycles. The Labute approximate surface area is 81.4 Å². The maximum Gasteiger partial charge on any atom is 0.341 e. The van der Waals surface area contributed by atoms with Gasteiger partial charge in [0, 0.05) is 14.2 Å². The Bertz CT molecular complexity index is 251. The minimum Gasteiger partial charge on any atom is -0.311 e. The Kier molecular flexibility index (Phi) is 4.94. The fourth-order valence-electron chi connectivity index (χ4n) is 0.605. The maximum absolute atomic E-state index is 11.5. The number of hydrogen-bond donors (Lipinski definition) is 0. The summed E-state index contributed by atoms with van der Waals surface area (Å²) in [5.41, 5.74) is 3.10. The molecular formula is C8H17O3PSi. The molecule has 0 rings (SSSR count). The topological polar surface area (TPSA) is 35.5 Å². The van der Waals surface area contributed by atoms with Gasteiger partial charge in [-0.1, -0.05) is 25.6 Å². The Hall–Kier alpha value is -0.0731. The molecule has 0 aliphatic heterocycles. The van der Waals surface area contributed by atoms with Crippen molar-refractivity contribution in [2.45, 2.75) is 19.6 Å². The molecule has 0 saturated heterocycles. The zero-order chi connectivity index (χ0) is 10.5. The fourth-order valence-corrected chi connectivity index (χ4v) is 2.05. The third-order valence-electron chi connectivity index (χ3n) is 1.29. The van der Waals surface area contributed by atoms with Crippen LogP contribution in [0.5, 0.6) is 0 Å². The van der Waals surface area contributed by atoms with Gasteiger partial charge in [-0.2, -0.15) is 0 Å². The lowest BCUT2D eigenvalue weighted by Gasteiger charge is -2.10. The van der Waals surface area contributed by atoms with E-state index in [1.165, 1.54) is 14.2 Å². The SMILES string of the molecule is COP(=O)(CC#C[Si](C)(C)C)OC. The molecule has 0 aromatic rings. The van der Waals surface area contributed by atoms with Crippen LogP contribution in [0.2, 0.25) is 19.6 Å². The Morgan fingerprint density at radius 2 is 1.69 bits per heavy atom. The average Bonchev–Trinajstić information content (AvgIpc) is 2.02. The molecule has 0 spiro atoms. The van der Waals surface area contributed by atoms with Gasteiger partial charge in [0.2, 0.25) is 0 Å². The van der Waals surface area contributed by atoms with Crippen molar-refractivity contribution in [3.8, 4) is 11.5 Å². The van der Waals surface area contributed by atoms with Gasteiger partial charge in [-0.25, -0.2) is 0 Å². The third kappa shape index (κ3) is 6.06. The molecule has 13 heavy (non-hydrogen) atoms. The van der Waals surface area contributed by atoms with Crippen LogP contribution < -0.4 is 0 Å². The van der Waals surface area contributed by atoms with Crippen molar-refractivity contribution in [1.82, 2.24) is 0 Å². The van der Waals surface area contributed by atoms with E-state index in [1.54, 1.807) is 0 Å². The van der Waals surface area contributed by atoms with Gasteiger partial charge >= 0.3 is 7.60 Å². The Morgan fingerprint density at radius 1 is 1.23 bits per heavy atom. The van der Waals surface area contributed by atoms with Gasteiger partial charge in [-0.15, -0.1) is 5.54 Å². The molecule has 3 nitrogen and oxygen atoms in total. The van der Waals surface area contributed by atoms with E-state index in [9.17, 15) is 4.57 Å². The fraction of sp³-hybridized carbons (Fsp3) is 0.750. The average molecular weight is 220 g/mol. The first-order valence-electron chi connectivity index (χ1n) is 4.03. The summed E-state index contributed by atoms with van der Waals surface area (Å²) in [6, 6.07) is 0. The minimum atomic E-state index is -2.92. The zero-order valence-electron chi connectivity index (χ0n) is 8.88. The molecule has 76 valence electrons. The lowest BCUT2D eigenvalue weighted by atomic mass is 10.8. The molecule has 5 heteroatoms. The second-order valence-corrected chi connectivity index (χ2v) is 10.7. The van der Waals surface area contributed by atoms with Gasteiger partial charge in [-0.05, 0) is 0 Å². The van der Waals surface area contributed by atoms with Crippen molar-refractivity contribution in [2.75, 3.05) is 20.4 Å². The highest BCUT2D eigenvalue weighted by Gasteiger charge is 2.19. The van der Waals surface area contributed by atoms with E-state index in [1.807, 2.05) is 0 Å². The molecule has 0 bridgehead atoms. The summed E-state index contributed by atoms with van der Waals surface area (Å²) < 4.78 is 21.0. The molecular weight excluding hydrogens is 203 g/mol. The van der Waals surface area contributed by atoms with Gasteiger partial charge in [0.1, 0.15) is 14.2 Å². The molecule has 0 aromatic carbocycles. The predicted molar refractivity (Wildman–Crippen MR) is 57.6 cm³/mol. The highest BCUT2D eigenvalue weighted by atomic mass is 31.2. The summed E-state index contributed by atoms with van der Waals surface area (Å²) in [7, 11) is -1.54. The van der Waals surface area contributed by atoms with Crippen LogP contribution in [-0.4, -0.2) is 28.5 Å². The van der Waals surface area contributed by atoms with Gasteiger partial charge in [0.15, 0.2) is 0 Å². The van der Waals surface area contributed by atoms with Crippen LogP contribution in [0.1, 0.15) is 0 Å². The maximum atomic E-state index is 11.5. The first-order valence-corrected chi connectivity index (χ1v) is 9.26. The molecule has 0 fully saturated rings. The summed E-state index contributed by atoms with van der Waals surface area (Å²) in [4.78, 5) is 0. The van der Waals surface area contributed by atoms with Gasteiger partial charge in [0.25, 0.3) is 0 Å². The highest BCUT2D eigenvalue weighted by Crippen LogP contribution is 2.45. The van der Waals surface area contributed by atoms with E-state index in [0.717, 1.165) is 0 Å². The normalized spacial score (nSPS) is 12.1. The minimum absolute atomic E-state index is 0.185. The third-order valence-corrected chi connectivity index (χ3v) is 3.88. The monoisotopic (exact) mass is 220 g/mol. The molecule has 0 atom stereocenters. The molecule has 0 N–H and O–H groups in total. The second kappa shape index (κ2) is 4.97. The smallest absolute Gasteiger partial charge is 0.311 e. The summed E-state index contributed by atoms with van der Waals surface area (Å²) in [6.45, 7) is 6.39. The zero-order valence-corrected chi connectivity index (χ0v) is 10.8. The summed E-state index contributed by atoms with van der Waals surface area (Å²) in [6.07, 6.45) is 0.185. The van der Waals surface area contributed by atoms with Crippen LogP contribution in [0.4, 0.5) is 0 Å². The van der Waals surface area contributed by atoms with Crippen molar-refractivity contribution >= 4 is 15.7 Å². The highest BCUT2D eigenvalue weighted by molar-refractivity contribution is 7.54. The summed E-state index contributed by atoms with van der Waals surface area (Å²) in [5.74, 6) is 2.87. The Morgan fingerprint density at radius 3 is 2.00 bits per heavy atom. The second-order valence-electron chi connectivity index (χ2n) is 3.69. The van der Waals surface area contributed by atoms with Crippen LogP contribution in [0, 0.1) is 11.5 Å². The quantitative estimate of drug-likeness (QED) is 0.416. The van der Waals surface area contributed by atoms with E-state index in [2.05, 4.69) is 31.1 Å². The number of hydrogen-bond acceptors (Lipinski definition) is 3. The molecule has 0 amide bonds. The van der Waals surface area contributed by atoms with Crippen LogP contribution >= 0.6 is 7.60 Å². The van der Waals surface area contributed by atoms with Gasteiger partial charge in [-0.3, -0.25) is 4.57 Å². The van der Waals surface area contributed by atoms with E-state index < -0.39 is 15.7 Å². The first kappa shape index (κ1) is 12.9. The van der Waals surface area contributed by atoms with E-state index in [-0.39, 0.29) is 6.16 Å². The van der Waals surface area contributed by atoms with Gasteiger partial charge in [0.05, 0.1) is 0 Å². The summed E-state index contributed by atoms with van der Waals surface area (Å²) >= 11 is 0. The molecule has 0 unspecified atom stereocenters. The van der Waals surface area contributed by atoms with Crippen molar-refractivity contribution < 1.29 is 13.6 Å². The number of rotatable bonds is 3. The van der Waals surface area contributed by atoms with E-state index >= 15 is 0 Å². The summed E-state index contributed by atoms with van der Waals surface area (Å²) in [5, 5.41) is 0.